The minimum Gasteiger partial charge on any atom is -0.497 e. The van der Waals surface area contributed by atoms with Crippen LogP contribution in [0.15, 0.2) is 54.6 Å². The van der Waals surface area contributed by atoms with E-state index < -0.39 is 6.04 Å². The summed E-state index contributed by atoms with van der Waals surface area (Å²) in [6.07, 6.45) is 0.729. The molecule has 1 heterocycles. The van der Waals surface area contributed by atoms with Crippen LogP contribution in [-0.2, 0) is 4.79 Å². The largest absolute Gasteiger partial charge is 0.497 e. The van der Waals surface area contributed by atoms with E-state index in [0.717, 1.165) is 12.0 Å². The Hall–Kier alpha value is -3.26. The summed E-state index contributed by atoms with van der Waals surface area (Å²) in [7, 11) is 1.56. The van der Waals surface area contributed by atoms with Crippen molar-refractivity contribution in [1.82, 2.24) is 15.5 Å². The molecule has 0 aliphatic carbocycles. The van der Waals surface area contributed by atoms with Gasteiger partial charge in [0.15, 0.2) is 0 Å². The first-order valence-electron chi connectivity index (χ1n) is 9.66. The van der Waals surface area contributed by atoms with E-state index in [4.69, 9.17) is 4.74 Å². The Labute approximate surface area is 179 Å². The minimum absolute atomic E-state index is 0.0614. The highest BCUT2D eigenvalue weighted by molar-refractivity contribution is 7.18. The molecule has 3 rings (SSSR count). The predicted molar refractivity (Wildman–Crippen MR) is 118 cm³/mol. The Kier molecular flexibility index (Phi) is 7.13. The van der Waals surface area contributed by atoms with Crippen molar-refractivity contribution in [1.29, 1.82) is 0 Å². The fourth-order valence-electron chi connectivity index (χ4n) is 2.82. The zero-order valence-corrected chi connectivity index (χ0v) is 17.9. The molecule has 8 heteroatoms. The standard InChI is InChI=1S/C22H24N4O3S/c1-4-14(2)18(23-19(27)15-10-12-17(29-3)13-11-15)20(28)24-22-26-25-21(30-22)16-8-6-5-7-9-16/h5-14,18H,4H2,1-3H3,(H,23,27)(H,24,26,28). The molecule has 0 saturated heterocycles. The Morgan fingerprint density at radius 2 is 1.77 bits per heavy atom. The van der Waals surface area contributed by atoms with Crippen LogP contribution in [-0.4, -0.2) is 35.2 Å². The number of ether oxygens (including phenoxy) is 1. The summed E-state index contributed by atoms with van der Waals surface area (Å²) in [5, 5.41) is 15.0. The molecule has 0 aliphatic heterocycles. The van der Waals surface area contributed by atoms with Crippen LogP contribution in [0.4, 0.5) is 5.13 Å². The molecule has 0 radical (unpaired) electrons. The van der Waals surface area contributed by atoms with Crippen LogP contribution in [0.2, 0.25) is 0 Å². The van der Waals surface area contributed by atoms with Gasteiger partial charge < -0.3 is 10.1 Å². The monoisotopic (exact) mass is 424 g/mol. The third-order valence-electron chi connectivity index (χ3n) is 4.81. The summed E-state index contributed by atoms with van der Waals surface area (Å²) in [4.78, 5) is 25.6. The maximum atomic E-state index is 12.9. The molecule has 3 aromatic rings. The zero-order chi connectivity index (χ0) is 21.5. The molecule has 7 nitrogen and oxygen atoms in total. The van der Waals surface area contributed by atoms with Crippen LogP contribution in [0, 0.1) is 5.92 Å². The van der Waals surface area contributed by atoms with Crippen LogP contribution in [0.1, 0.15) is 30.6 Å². The lowest BCUT2D eigenvalue weighted by Crippen LogP contribution is -2.47. The van der Waals surface area contributed by atoms with Gasteiger partial charge in [-0.05, 0) is 30.2 Å². The Morgan fingerprint density at radius 3 is 2.40 bits per heavy atom. The van der Waals surface area contributed by atoms with Crippen molar-refractivity contribution >= 4 is 28.3 Å². The van der Waals surface area contributed by atoms with E-state index in [-0.39, 0.29) is 17.7 Å². The van der Waals surface area contributed by atoms with Gasteiger partial charge >= 0.3 is 0 Å². The summed E-state index contributed by atoms with van der Waals surface area (Å²) in [6, 6.07) is 15.7. The Bertz CT molecular complexity index is 989. The van der Waals surface area contributed by atoms with Crippen molar-refractivity contribution in [2.75, 3.05) is 12.4 Å². The third-order valence-corrected chi connectivity index (χ3v) is 5.70. The highest BCUT2D eigenvalue weighted by atomic mass is 32.1. The van der Waals surface area contributed by atoms with Crippen LogP contribution in [0.3, 0.4) is 0 Å². The van der Waals surface area contributed by atoms with Crippen molar-refractivity contribution in [3.05, 3.63) is 60.2 Å². The number of anilines is 1. The molecule has 30 heavy (non-hydrogen) atoms. The second-order valence-electron chi connectivity index (χ2n) is 6.83. The SMILES string of the molecule is CCC(C)C(NC(=O)c1ccc(OC)cc1)C(=O)Nc1nnc(-c2ccccc2)s1. The van der Waals surface area contributed by atoms with Gasteiger partial charge in [0.05, 0.1) is 7.11 Å². The number of aromatic nitrogens is 2. The van der Waals surface area contributed by atoms with Crippen LogP contribution in [0.25, 0.3) is 10.6 Å². The maximum Gasteiger partial charge on any atom is 0.251 e. The Morgan fingerprint density at radius 1 is 1.07 bits per heavy atom. The molecule has 1 aromatic heterocycles. The maximum absolute atomic E-state index is 12.9. The van der Waals surface area contributed by atoms with Crippen molar-refractivity contribution in [3.8, 4) is 16.3 Å². The minimum atomic E-state index is -0.700. The van der Waals surface area contributed by atoms with E-state index in [1.54, 1.807) is 31.4 Å². The van der Waals surface area contributed by atoms with Crippen molar-refractivity contribution in [3.63, 3.8) is 0 Å². The van der Waals surface area contributed by atoms with Gasteiger partial charge in [-0.15, -0.1) is 10.2 Å². The van der Waals surface area contributed by atoms with Crippen molar-refractivity contribution < 1.29 is 14.3 Å². The lowest BCUT2D eigenvalue weighted by Gasteiger charge is -2.23. The first-order chi connectivity index (χ1) is 14.5. The number of benzene rings is 2. The van der Waals surface area contributed by atoms with E-state index in [1.807, 2.05) is 44.2 Å². The van der Waals surface area contributed by atoms with Crippen LogP contribution < -0.4 is 15.4 Å². The zero-order valence-electron chi connectivity index (χ0n) is 17.1. The van der Waals surface area contributed by atoms with Gasteiger partial charge in [-0.3, -0.25) is 14.9 Å². The fraction of sp³-hybridized carbons (Fsp3) is 0.273. The molecule has 2 atom stereocenters. The molecule has 0 saturated carbocycles. The second kappa shape index (κ2) is 9.98. The average molecular weight is 425 g/mol. The van der Waals surface area contributed by atoms with Crippen LogP contribution in [0.5, 0.6) is 5.75 Å². The quantitative estimate of drug-likeness (QED) is 0.570. The molecule has 2 aromatic carbocycles. The molecular formula is C22H24N4O3S. The molecule has 0 fully saturated rings. The van der Waals surface area contributed by atoms with E-state index in [1.165, 1.54) is 11.3 Å². The normalized spacial score (nSPS) is 12.6. The summed E-state index contributed by atoms with van der Waals surface area (Å²) in [5.41, 5.74) is 1.39. The van der Waals surface area contributed by atoms with Gasteiger partial charge in [-0.25, -0.2) is 0 Å². The fourth-order valence-corrected chi connectivity index (χ4v) is 3.58. The molecule has 2 amide bonds. The molecular weight excluding hydrogens is 400 g/mol. The summed E-state index contributed by atoms with van der Waals surface area (Å²) >= 11 is 1.29. The highest BCUT2D eigenvalue weighted by Crippen LogP contribution is 2.26. The summed E-state index contributed by atoms with van der Waals surface area (Å²) < 4.78 is 5.12. The predicted octanol–water partition coefficient (Wildman–Crippen LogP) is 4.00. The number of nitrogens with zero attached hydrogens (tertiary/aromatic N) is 2. The molecule has 2 N–H and O–H groups in total. The van der Waals surface area contributed by atoms with Crippen molar-refractivity contribution in [2.45, 2.75) is 26.3 Å². The molecule has 0 aliphatic rings. The number of rotatable bonds is 8. The lowest BCUT2D eigenvalue weighted by molar-refractivity contribution is -0.119. The van der Waals surface area contributed by atoms with Gasteiger partial charge in [-0.2, -0.15) is 0 Å². The van der Waals surface area contributed by atoms with Gasteiger partial charge in [0.2, 0.25) is 11.0 Å². The van der Waals surface area contributed by atoms with Gasteiger partial charge in [0.25, 0.3) is 5.91 Å². The molecule has 0 spiro atoms. The molecule has 156 valence electrons. The van der Waals surface area contributed by atoms with Gasteiger partial charge in [0.1, 0.15) is 16.8 Å². The molecule has 0 bridgehead atoms. The first-order valence-corrected chi connectivity index (χ1v) is 10.5. The third kappa shape index (κ3) is 5.21. The van der Waals surface area contributed by atoms with Gasteiger partial charge in [0, 0.05) is 11.1 Å². The number of carbonyl (C=O) groups is 2. The summed E-state index contributed by atoms with van der Waals surface area (Å²) in [6.45, 7) is 3.90. The van der Waals surface area contributed by atoms with Crippen molar-refractivity contribution in [2.24, 2.45) is 5.92 Å². The van der Waals surface area contributed by atoms with E-state index in [2.05, 4.69) is 20.8 Å². The smallest absolute Gasteiger partial charge is 0.251 e. The number of carbonyl (C=O) groups excluding carboxylic acids is 2. The second-order valence-corrected chi connectivity index (χ2v) is 7.81. The number of hydrogen-bond donors (Lipinski definition) is 2. The number of nitrogens with one attached hydrogen (secondary N) is 2. The Balaban J connectivity index is 1.71. The highest BCUT2D eigenvalue weighted by Gasteiger charge is 2.27. The first kappa shape index (κ1) is 21.4. The van der Waals surface area contributed by atoms with Crippen LogP contribution >= 0.6 is 11.3 Å². The number of hydrogen-bond acceptors (Lipinski definition) is 6. The van der Waals surface area contributed by atoms with Gasteiger partial charge in [-0.1, -0.05) is 61.9 Å². The van der Waals surface area contributed by atoms with E-state index in [0.29, 0.717) is 21.5 Å². The average Bonchev–Trinajstić information content (AvgIpc) is 3.25. The lowest BCUT2D eigenvalue weighted by atomic mass is 9.98. The number of amides is 2. The topological polar surface area (TPSA) is 93.2 Å². The van der Waals surface area contributed by atoms with E-state index in [9.17, 15) is 9.59 Å². The molecule has 2 unspecified atom stereocenters. The number of methoxy groups -OCH3 is 1. The van der Waals surface area contributed by atoms with E-state index >= 15 is 0 Å². The summed E-state index contributed by atoms with van der Waals surface area (Å²) in [5.74, 6) is -0.0377.